The minimum absolute atomic E-state index is 0.0525. The highest BCUT2D eigenvalue weighted by Gasteiger charge is 2.41. The van der Waals surface area contributed by atoms with Crippen LogP contribution in [0.3, 0.4) is 0 Å². The molecule has 1 N–H and O–H groups in total. The first-order valence-corrected chi connectivity index (χ1v) is 11.5. The van der Waals surface area contributed by atoms with Crippen molar-refractivity contribution in [3.05, 3.63) is 33.8 Å². The Labute approximate surface area is 173 Å². The summed E-state index contributed by atoms with van der Waals surface area (Å²) >= 11 is 12.1. The second kappa shape index (κ2) is 8.33. The molecule has 0 aliphatic carbocycles. The molecule has 0 bridgehead atoms. The minimum atomic E-state index is -3.88. The van der Waals surface area contributed by atoms with Crippen LogP contribution in [0.1, 0.15) is 32.3 Å². The van der Waals surface area contributed by atoms with Crippen LogP contribution >= 0.6 is 33.9 Å². The van der Waals surface area contributed by atoms with Gasteiger partial charge in [-0.15, -0.1) is 0 Å². The maximum atomic E-state index is 11.8. The summed E-state index contributed by atoms with van der Waals surface area (Å²) < 4.78 is 29.7. The molecular formula is C17H22Cl3NO5S. The zero-order valence-corrected chi connectivity index (χ0v) is 18.2. The summed E-state index contributed by atoms with van der Waals surface area (Å²) in [4.78, 5) is 13.0. The van der Waals surface area contributed by atoms with E-state index in [0.29, 0.717) is 15.6 Å². The van der Waals surface area contributed by atoms with Crippen molar-refractivity contribution in [2.75, 3.05) is 18.8 Å². The van der Waals surface area contributed by atoms with E-state index in [4.69, 9.17) is 38.6 Å². The van der Waals surface area contributed by atoms with E-state index >= 15 is 0 Å². The molecule has 1 aliphatic heterocycles. The van der Waals surface area contributed by atoms with Crippen molar-refractivity contribution in [2.45, 2.75) is 38.9 Å². The summed E-state index contributed by atoms with van der Waals surface area (Å²) in [5.74, 6) is -1.02. The van der Waals surface area contributed by atoms with Gasteiger partial charge in [0, 0.05) is 23.1 Å². The molecule has 152 valence electrons. The summed E-state index contributed by atoms with van der Waals surface area (Å²) in [6.07, 6.45) is -2.45. The van der Waals surface area contributed by atoms with Gasteiger partial charge in [-0.05, 0) is 23.1 Å². The van der Waals surface area contributed by atoms with Crippen LogP contribution in [0, 0.1) is 5.41 Å². The van der Waals surface area contributed by atoms with E-state index in [1.54, 1.807) is 18.2 Å². The van der Waals surface area contributed by atoms with Gasteiger partial charge in [-0.3, -0.25) is 0 Å². The van der Waals surface area contributed by atoms with Crippen LogP contribution in [-0.2, 0) is 13.8 Å². The van der Waals surface area contributed by atoms with Crippen molar-refractivity contribution in [1.82, 2.24) is 4.90 Å². The van der Waals surface area contributed by atoms with E-state index in [-0.39, 0.29) is 13.1 Å². The van der Waals surface area contributed by atoms with Crippen LogP contribution in [0.5, 0.6) is 0 Å². The third-order valence-electron chi connectivity index (χ3n) is 4.56. The molecule has 0 saturated carbocycles. The molecule has 0 radical (unpaired) electrons. The number of nitrogens with zero attached hydrogens (tertiary/aromatic N) is 1. The van der Waals surface area contributed by atoms with Gasteiger partial charge in [-0.2, -0.15) is 0 Å². The molecule has 27 heavy (non-hydrogen) atoms. The Kier molecular flexibility index (Phi) is 6.96. The lowest BCUT2D eigenvalue weighted by Crippen LogP contribution is -2.42. The fourth-order valence-electron chi connectivity index (χ4n) is 3.03. The standard InChI is InChI=1S/C17H22Cl3NO5S/c1-17(2,3)15-8-21(16(22)23)7-11(14(26-15)9-27(20,24)25)10-4-5-12(18)13(19)6-10/h4-6,11,14-15H,7-9H2,1-3H3,(H,22,23)/t11-,14+,15?/m0/s1. The number of hydrogen-bond acceptors (Lipinski definition) is 4. The molecule has 1 heterocycles. The number of benzene rings is 1. The van der Waals surface area contributed by atoms with Crippen molar-refractivity contribution < 1.29 is 23.1 Å². The molecule has 0 aromatic heterocycles. The van der Waals surface area contributed by atoms with E-state index in [1.165, 1.54) is 4.90 Å². The summed E-state index contributed by atoms with van der Waals surface area (Å²) in [5.41, 5.74) is 0.227. The van der Waals surface area contributed by atoms with Crippen molar-refractivity contribution >= 4 is 49.0 Å². The predicted octanol–water partition coefficient (Wildman–Crippen LogP) is 4.44. The normalized spacial score (nSPS) is 24.5. The van der Waals surface area contributed by atoms with Gasteiger partial charge in [0.1, 0.15) is 0 Å². The largest absolute Gasteiger partial charge is 0.465 e. The molecule has 1 amide bonds. The van der Waals surface area contributed by atoms with Gasteiger partial charge in [0.05, 0.1) is 34.6 Å². The number of rotatable bonds is 3. The fraction of sp³-hybridized carbons (Fsp3) is 0.588. The van der Waals surface area contributed by atoms with Gasteiger partial charge in [0.15, 0.2) is 0 Å². The Bertz CT molecular complexity index is 809. The first kappa shape index (κ1) is 22.6. The van der Waals surface area contributed by atoms with E-state index in [2.05, 4.69) is 0 Å². The van der Waals surface area contributed by atoms with Gasteiger partial charge in [-0.1, -0.05) is 50.0 Å². The van der Waals surface area contributed by atoms with E-state index < -0.39 is 44.4 Å². The Morgan fingerprint density at radius 3 is 2.37 bits per heavy atom. The highest BCUT2D eigenvalue weighted by atomic mass is 35.7. The first-order valence-electron chi connectivity index (χ1n) is 8.28. The molecule has 1 aliphatic rings. The van der Waals surface area contributed by atoms with Crippen molar-refractivity contribution in [1.29, 1.82) is 0 Å². The maximum absolute atomic E-state index is 11.8. The molecule has 2 rings (SSSR count). The van der Waals surface area contributed by atoms with Crippen molar-refractivity contribution in [3.63, 3.8) is 0 Å². The van der Waals surface area contributed by atoms with Crippen LogP contribution in [0.25, 0.3) is 0 Å². The average molecular weight is 459 g/mol. The molecule has 0 spiro atoms. The quantitative estimate of drug-likeness (QED) is 0.677. The lowest BCUT2D eigenvalue weighted by atomic mass is 9.88. The number of ether oxygens (including phenoxy) is 1. The molecule has 1 fully saturated rings. The Hall–Kier alpha value is -0.730. The highest BCUT2D eigenvalue weighted by Crippen LogP contribution is 2.36. The molecule has 1 unspecified atom stereocenters. The van der Waals surface area contributed by atoms with E-state index in [1.807, 2.05) is 20.8 Å². The van der Waals surface area contributed by atoms with Crippen molar-refractivity contribution in [3.8, 4) is 0 Å². The van der Waals surface area contributed by atoms with Crippen LogP contribution in [0.4, 0.5) is 4.79 Å². The summed E-state index contributed by atoms with van der Waals surface area (Å²) in [6.45, 7) is 5.89. The summed E-state index contributed by atoms with van der Waals surface area (Å²) in [6, 6.07) is 4.87. The summed E-state index contributed by atoms with van der Waals surface area (Å²) in [5, 5.41) is 10.2. The average Bonchev–Trinajstić information content (AvgIpc) is 2.68. The molecule has 1 saturated heterocycles. The second-order valence-corrected chi connectivity index (χ2v) is 11.3. The molecule has 10 heteroatoms. The molecule has 6 nitrogen and oxygen atoms in total. The molecule has 1 aromatic carbocycles. The Morgan fingerprint density at radius 1 is 1.26 bits per heavy atom. The number of carboxylic acid groups (broad SMARTS) is 1. The van der Waals surface area contributed by atoms with Crippen molar-refractivity contribution in [2.24, 2.45) is 5.41 Å². The van der Waals surface area contributed by atoms with Crippen LogP contribution < -0.4 is 0 Å². The molecular weight excluding hydrogens is 437 g/mol. The minimum Gasteiger partial charge on any atom is -0.465 e. The lowest BCUT2D eigenvalue weighted by molar-refractivity contribution is -0.0570. The lowest BCUT2D eigenvalue weighted by Gasteiger charge is -2.33. The number of amides is 1. The monoisotopic (exact) mass is 457 g/mol. The van der Waals surface area contributed by atoms with Gasteiger partial charge in [0.2, 0.25) is 9.05 Å². The van der Waals surface area contributed by atoms with Gasteiger partial charge >= 0.3 is 6.09 Å². The third-order valence-corrected chi connectivity index (χ3v) is 6.41. The fourth-order valence-corrected chi connectivity index (χ4v) is 4.41. The predicted molar refractivity (Wildman–Crippen MR) is 107 cm³/mol. The number of halogens is 3. The smallest absolute Gasteiger partial charge is 0.407 e. The van der Waals surface area contributed by atoms with Crippen LogP contribution in [-0.4, -0.2) is 55.6 Å². The van der Waals surface area contributed by atoms with Crippen LogP contribution in [0.2, 0.25) is 10.0 Å². The van der Waals surface area contributed by atoms with E-state index in [9.17, 15) is 18.3 Å². The van der Waals surface area contributed by atoms with E-state index in [0.717, 1.165) is 0 Å². The molecule has 3 atom stereocenters. The maximum Gasteiger partial charge on any atom is 0.407 e. The van der Waals surface area contributed by atoms with Gasteiger partial charge in [0.25, 0.3) is 0 Å². The topological polar surface area (TPSA) is 83.9 Å². The Morgan fingerprint density at radius 2 is 1.89 bits per heavy atom. The zero-order valence-electron chi connectivity index (χ0n) is 15.2. The highest BCUT2D eigenvalue weighted by molar-refractivity contribution is 8.13. The Balaban J connectivity index is 2.52. The SMILES string of the molecule is CC(C)(C)C1CN(C(=O)O)C[C@@H](c2ccc(Cl)c(Cl)c2)[C@@H](CS(=O)(=O)Cl)O1. The van der Waals surface area contributed by atoms with Gasteiger partial charge < -0.3 is 14.7 Å². The second-order valence-electron chi connectivity index (χ2n) is 7.70. The number of hydrogen-bond donors (Lipinski definition) is 1. The zero-order chi connectivity index (χ0) is 20.6. The summed E-state index contributed by atoms with van der Waals surface area (Å²) in [7, 11) is 1.62. The molecule has 1 aromatic rings. The third kappa shape index (κ3) is 6.12. The first-order chi connectivity index (χ1) is 12.3. The van der Waals surface area contributed by atoms with Gasteiger partial charge in [-0.25, -0.2) is 13.2 Å². The number of carbonyl (C=O) groups is 1. The van der Waals surface area contributed by atoms with Crippen LogP contribution in [0.15, 0.2) is 18.2 Å².